The minimum Gasteiger partial charge on any atom is -0.464 e. The predicted octanol–water partition coefficient (Wildman–Crippen LogP) is 0.118. The van der Waals surface area contributed by atoms with E-state index in [9.17, 15) is 14.4 Å². The number of nitrogens with zero attached hydrogens (tertiary/aromatic N) is 1. The molecule has 0 atom stereocenters. The van der Waals surface area contributed by atoms with Gasteiger partial charge < -0.3 is 9.47 Å². The average molecular weight is 264 g/mol. The zero-order valence-corrected chi connectivity index (χ0v) is 10.4. The van der Waals surface area contributed by atoms with Crippen LogP contribution in [-0.2, 0) is 19.1 Å². The SMILES string of the molecule is COC(=O)C(=NNC(=O)c1ccccc1)C(=O)OC. The van der Waals surface area contributed by atoms with E-state index in [4.69, 9.17) is 0 Å². The number of hydrogen-bond donors (Lipinski definition) is 1. The van der Waals surface area contributed by atoms with Crippen LogP contribution < -0.4 is 5.43 Å². The molecule has 1 amide bonds. The highest BCUT2D eigenvalue weighted by Crippen LogP contribution is 1.98. The number of hydrogen-bond acceptors (Lipinski definition) is 6. The molecule has 0 heterocycles. The molecule has 100 valence electrons. The van der Waals surface area contributed by atoms with Gasteiger partial charge in [-0.3, -0.25) is 4.79 Å². The van der Waals surface area contributed by atoms with Gasteiger partial charge in [0.2, 0.25) is 0 Å². The van der Waals surface area contributed by atoms with E-state index < -0.39 is 23.6 Å². The van der Waals surface area contributed by atoms with Gasteiger partial charge in [0.25, 0.3) is 11.6 Å². The summed E-state index contributed by atoms with van der Waals surface area (Å²) in [7, 11) is 2.17. The zero-order chi connectivity index (χ0) is 14.3. The molecule has 0 bridgehead atoms. The molecule has 19 heavy (non-hydrogen) atoms. The Kier molecular flexibility index (Phi) is 5.21. The summed E-state index contributed by atoms with van der Waals surface area (Å²) in [6.45, 7) is 0. The second kappa shape index (κ2) is 6.90. The first-order chi connectivity index (χ1) is 9.10. The minimum absolute atomic E-state index is 0.334. The molecule has 0 radical (unpaired) electrons. The lowest BCUT2D eigenvalue weighted by Gasteiger charge is -2.03. The summed E-state index contributed by atoms with van der Waals surface area (Å²) in [5, 5.41) is 3.41. The summed E-state index contributed by atoms with van der Waals surface area (Å²) in [6.07, 6.45) is 0. The molecule has 0 aliphatic heterocycles. The summed E-state index contributed by atoms with van der Waals surface area (Å²) in [5.74, 6) is -2.56. The van der Waals surface area contributed by atoms with Crippen molar-refractivity contribution >= 4 is 23.6 Å². The third-order valence-corrected chi connectivity index (χ3v) is 2.06. The summed E-state index contributed by atoms with van der Waals surface area (Å²) in [5.41, 5.74) is 1.77. The molecule has 0 aliphatic carbocycles. The number of carbonyl (C=O) groups is 3. The second-order valence-corrected chi connectivity index (χ2v) is 3.25. The smallest absolute Gasteiger partial charge is 0.366 e. The van der Waals surface area contributed by atoms with Crippen LogP contribution in [0.5, 0.6) is 0 Å². The summed E-state index contributed by atoms with van der Waals surface area (Å²) in [6, 6.07) is 8.19. The summed E-state index contributed by atoms with van der Waals surface area (Å²) < 4.78 is 8.70. The highest BCUT2D eigenvalue weighted by atomic mass is 16.5. The zero-order valence-electron chi connectivity index (χ0n) is 10.4. The molecule has 0 spiro atoms. The maximum Gasteiger partial charge on any atom is 0.366 e. The maximum atomic E-state index is 11.6. The van der Waals surface area contributed by atoms with Gasteiger partial charge in [-0.1, -0.05) is 18.2 Å². The Morgan fingerprint density at radius 2 is 1.53 bits per heavy atom. The number of ether oxygens (including phenoxy) is 2. The van der Waals surface area contributed by atoms with Gasteiger partial charge >= 0.3 is 11.9 Å². The van der Waals surface area contributed by atoms with Gasteiger partial charge in [0.1, 0.15) is 0 Å². The van der Waals surface area contributed by atoms with E-state index in [1.807, 2.05) is 0 Å². The van der Waals surface area contributed by atoms with E-state index in [0.29, 0.717) is 5.56 Å². The molecule has 1 aromatic carbocycles. The van der Waals surface area contributed by atoms with Crippen molar-refractivity contribution in [3.05, 3.63) is 35.9 Å². The third-order valence-electron chi connectivity index (χ3n) is 2.06. The quantitative estimate of drug-likeness (QED) is 0.361. The van der Waals surface area contributed by atoms with Crippen LogP contribution in [0, 0.1) is 0 Å². The van der Waals surface area contributed by atoms with Gasteiger partial charge in [-0.15, -0.1) is 0 Å². The lowest BCUT2D eigenvalue weighted by Crippen LogP contribution is -2.30. The summed E-state index contributed by atoms with van der Waals surface area (Å²) >= 11 is 0. The van der Waals surface area contributed by atoms with Gasteiger partial charge in [-0.05, 0) is 12.1 Å². The highest BCUT2D eigenvalue weighted by molar-refractivity contribution is 6.62. The van der Waals surface area contributed by atoms with Crippen molar-refractivity contribution in [3.63, 3.8) is 0 Å². The van der Waals surface area contributed by atoms with Gasteiger partial charge in [-0.2, -0.15) is 5.10 Å². The van der Waals surface area contributed by atoms with E-state index >= 15 is 0 Å². The average Bonchev–Trinajstić information content (AvgIpc) is 2.47. The van der Waals surface area contributed by atoms with Crippen molar-refractivity contribution in [1.82, 2.24) is 5.43 Å². The summed E-state index contributed by atoms with van der Waals surface area (Å²) in [4.78, 5) is 34.2. The van der Waals surface area contributed by atoms with Crippen LogP contribution in [-0.4, -0.2) is 37.8 Å². The Hall–Kier alpha value is -2.70. The van der Waals surface area contributed by atoms with E-state index in [2.05, 4.69) is 20.0 Å². The predicted molar refractivity (Wildman–Crippen MR) is 65.4 cm³/mol. The van der Waals surface area contributed by atoms with Crippen LogP contribution in [0.25, 0.3) is 0 Å². The van der Waals surface area contributed by atoms with Gasteiger partial charge in [0.05, 0.1) is 14.2 Å². The molecule has 1 rings (SSSR count). The van der Waals surface area contributed by atoms with Crippen LogP contribution >= 0.6 is 0 Å². The topological polar surface area (TPSA) is 94.1 Å². The van der Waals surface area contributed by atoms with Gasteiger partial charge in [0, 0.05) is 5.56 Å². The molecule has 0 aromatic heterocycles. The molecule has 0 saturated carbocycles. The van der Waals surface area contributed by atoms with Gasteiger partial charge in [-0.25, -0.2) is 15.0 Å². The van der Waals surface area contributed by atoms with Crippen molar-refractivity contribution in [3.8, 4) is 0 Å². The number of esters is 2. The lowest BCUT2D eigenvalue weighted by molar-refractivity contribution is -0.138. The molecule has 7 nitrogen and oxygen atoms in total. The molecular formula is C12H12N2O5. The lowest BCUT2D eigenvalue weighted by atomic mass is 10.2. The Morgan fingerprint density at radius 1 is 1.00 bits per heavy atom. The molecule has 0 fully saturated rings. The van der Waals surface area contributed by atoms with Crippen LogP contribution in [0.3, 0.4) is 0 Å². The number of amides is 1. The number of methoxy groups -OCH3 is 2. The Bertz CT molecular complexity index is 492. The van der Waals surface area contributed by atoms with Crippen LogP contribution in [0.2, 0.25) is 0 Å². The molecule has 0 saturated heterocycles. The standard InChI is InChI=1S/C12H12N2O5/c1-18-11(16)9(12(17)19-2)13-14-10(15)8-6-4-3-5-7-8/h3-7H,1-2H3,(H,14,15). The van der Waals surface area contributed by atoms with Crippen molar-refractivity contribution in [2.24, 2.45) is 5.10 Å². The third kappa shape index (κ3) is 3.91. The van der Waals surface area contributed by atoms with Crippen molar-refractivity contribution in [2.45, 2.75) is 0 Å². The first-order valence-corrected chi connectivity index (χ1v) is 5.20. The highest BCUT2D eigenvalue weighted by Gasteiger charge is 2.22. The van der Waals surface area contributed by atoms with Crippen LogP contribution in [0.4, 0.5) is 0 Å². The molecule has 0 unspecified atom stereocenters. The normalized spacial score (nSPS) is 9.16. The largest absolute Gasteiger partial charge is 0.464 e. The first kappa shape index (κ1) is 14.4. The van der Waals surface area contributed by atoms with E-state index in [1.165, 1.54) is 0 Å². The maximum absolute atomic E-state index is 11.6. The number of nitrogens with one attached hydrogen (secondary N) is 1. The molecule has 1 N–H and O–H groups in total. The number of rotatable bonds is 4. The minimum atomic E-state index is -1.000. The van der Waals surface area contributed by atoms with E-state index in [-0.39, 0.29) is 0 Å². The van der Waals surface area contributed by atoms with E-state index in [1.54, 1.807) is 30.3 Å². The molecule has 0 aliphatic rings. The molecule has 7 heteroatoms. The monoisotopic (exact) mass is 264 g/mol. The van der Waals surface area contributed by atoms with Crippen LogP contribution in [0.1, 0.15) is 10.4 Å². The second-order valence-electron chi connectivity index (χ2n) is 3.25. The first-order valence-electron chi connectivity index (χ1n) is 5.20. The number of hydrazone groups is 1. The van der Waals surface area contributed by atoms with Gasteiger partial charge in [0.15, 0.2) is 0 Å². The fourth-order valence-electron chi connectivity index (χ4n) is 1.13. The van der Waals surface area contributed by atoms with Crippen molar-refractivity contribution < 1.29 is 23.9 Å². The number of benzene rings is 1. The van der Waals surface area contributed by atoms with Crippen LogP contribution in [0.15, 0.2) is 35.4 Å². The Morgan fingerprint density at radius 3 is 2.00 bits per heavy atom. The fraction of sp³-hybridized carbons (Fsp3) is 0.167. The fourth-order valence-corrected chi connectivity index (χ4v) is 1.13. The van der Waals surface area contributed by atoms with Crippen molar-refractivity contribution in [2.75, 3.05) is 14.2 Å². The molecular weight excluding hydrogens is 252 g/mol. The van der Waals surface area contributed by atoms with Crippen molar-refractivity contribution in [1.29, 1.82) is 0 Å². The van der Waals surface area contributed by atoms with E-state index in [0.717, 1.165) is 14.2 Å². The molecule has 1 aromatic rings. The Balaban J connectivity index is 2.84. The number of carbonyl (C=O) groups excluding carboxylic acids is 3. The Labute approximate surface area is 109 Å².